The summed E-state index contributed by atoms with van der Waals surface area (Å²) in [6.45, 7) is 0. The monoisotopic (exact) mass is 399 g/mol. The predicted molar refractivity (Wildman–Crippen MR) is 86.4 cm³/mol. The number of aromatic amines is 1. The summed E-state index contributed by atoms with van der Waals surface area (Å²) < 4.78 is 1.75. The van der Waals surface area contributed by atoms with Crippen LogP contribution >= 0.6 is 43.5 Å². The highest BCUT2D eigenvalue weighted by atomic mass is 79.9. The molecule has 0 fully saturated rings. The lowest BCUT2D eigenvalue weighted by atomic mass is 10.2. The number of nitrogens with two attached hydrogens (primary N) is 1. The Morgan fingerprint density at radius 2 is 2.00 bits per heavy atom. The van der Waals surface area contributed by atoms with Crippen molar-refractivity contribution in [3.8, 4) is 11.4 Å². The molecule has 0 amide bonds. The summed E-state index contributed by atoms with van der Waals surface area (Å²) in [5, 5.41) is 0.618. The number of nitrogen functional groups attached to an aromatic ring is 1. The Morgan fingerprint density at radius 1 is 1.21 bits per heavy atom. The van der Waals surface area contributed by atoms with E-state index in [0.717, 1.165) is 25.5 Å². The average Bonchev–Trinajstić information content (AvgIpc) is 2.79. The van der Waals surface area contributed by atoms with Crippen molar-refractivity contribution in [2.24, 2.45) is 0 Å². The molecule has 0 unspecified atom stereocenters. The molecule has 3 N–H and O–H groups in total. The van der Waals surface area contributed by atoms with Gasteiger partial charge in [0.2, 0.25) is 0 Å². The molecule has 0 spiro atoms. The number of aromatic nitrogens is 2. The minimum Gasteiger partial charge on any atom is -0.397 e. The van der Waals surface area contributed by atoms with Gasteiger partial charge in [0, 0.05) is 14.5 Å². The van der Waals surface area contributed by atoms with Crippen molar-refractivity contribution < 1.29 is 0 Å². The number of rotatable bonds is 1. The fourth-order valence-corrected chi connectivity index (χ4v) is 3.35. The standard InChI is InChI=1S/C13H8Br2ClN3/c14-6-4-7(11(17)8(15)5-6)13-18-10-3-1-2-9(16)12(10)19-13/h1-5H,17H2,(H,18,19). The summed E-state index contributed by atoms with van der Waals surface area (Å²) in [6.07, 6.45) is 0. The summed E-state index contributed by atoms with van der Waals surface area (Å²) in [5.41, 5.74) is 9.18. The molecule has 2 aromatic carbocycles. The number of hydrogen-bond acceptors (Lipinski definition) is 2. The Labute approximate surface area is 131 Å². The minimum atomic E-state index is 0.618. The molecule has 1 heterocycles. The van der Waals surface area contributed by atoms with Crippen LogP contribution in [0.3, 0.4) is 0 Å². The van der Waals surface area contributed by atoms with Crippen molar-refractivity contribution in [3.63, 3.8) is 0 Å². The van der Waals surface area contributed by atoms with E-state index in [-0.39, 0.29) is 0 Å². The van der Waals surface area contributed by atoms with Gasteiger partial charge in [0.05, 0.1) is 16.2 Å². The molecule has 3 nitrogen and oxygen atoms in total. The molecular formula is C13H8Br2ClN3. The maximum absolute atomic E-state index is 6.13. The van der Waals surface area contributed by atoms with E-state index in [9.17, 15) is 0 Å². The van der Waals surface area contributed by atoms with Crippen molar-refractivity contribution >= 4 is 60.2 Å². The molecule has 3 aromatic rings. The normalized spacial score (nSPS) is 11.1. The highest BCUT2D eigenvalue weighted by molar-refractivity contribution is 9.11. The Morgan fingerprint density at radius 3 is 2.74 bits per heavy atom. The SMILES string of the molecule is Nc1c(Br)cc(Br)cc1-c1nc2c(Cl)cccc2[nH]1. The number of halogens is 3. The van der Waals surface area contributed by atoms with Crippen LogP contribution < -0.4 is 5.73 Å². The van der Waals surface area contributed by atoms with Crippen molar-refractivity contribution in [2.45, 2.75) is 0 Å². The van der Waals surface area contributed by atoms with Gasteiger partial charge in [-0.2, -0.15) is 0 Å². The number of nitrogens with one attached hydrogen (secondary N) is 1. The molecule has 0 saturated carbocycles. The van der Waals surface area contributed by atoms with Crippen molar-refractivity contribution in [1.29, 1.82) is 0 Å². The van der Waals surface area contributed by atoms with Gasteiger partial charge >= 0.3 is 0 Å². The van der Waals surface area contributed by atoms with E-state index in [1.54, 1.807) is 0 Å². The van der Waals surface area contributed by atoms with Crippen LogP contribution in [-0.2, 0) is 0 Å². The zero-order chi connectivity index (χ0) is 13.6. The van der Waals surface area contributed by atoms with Crippen LogP contribution in [0.5, 0.6) is 0 Å². The molecule has 96 valence electrons. The largest absolute Gasteiger partial charge is 0.397 e. The van der Waals surface area contributed by atoms with E-state index in [2.05, 4.69) is 41.8 Å². The first-order chi connectivity index (χ1) is 9.06. The highest BCUT2D eigenvalue weighted by Crippen LogP contribution is 2.35. The molecule has 3 rings (SSSR count). The van der Waals surface area contributed by atoms with E-state index in [0.29, 0.717) is 16.5 Å². The van der Waals surface area contributed by atoms with E-state index in [4.69, 9.17) is 17.3 Å². The number of para-hydroxylation sites is 1. The predicted octanol–water partition coefficient (Wildman–Crippen LogP) is 4.99. The smallest absolute Gasteiger partial charge is 0.140 e. The lowest BCUT2D eigenvalue weighted by molar-refractivity contribution is 1.33. The number of anilines is 1. The topological polar surface area (TPSA) is 54.7 Å². The number of imidazole rings is 1. The first-order valence-electron chi connectivity index (χ1n) is 5.45. The zero-order valence-electron chi connectivity index (χ0n) is 9.55. The number of fused-ring (bicyclic) bond motifs is 1. The maximum atomic E-state index is 6.13. The van der Waals surface area contributed by atoms with Gasteiger partial charge in [-0.15, -0.1) is 0 Å². The maximum Gasteiger partial charge on any atom is 0.140 e. The fourth-order valence-electron chi connectivity index (χ4n) is 1.91. The fraction of sp³-hybridized carbons (Fsp3) is 0. The van der Waals surface area contributed by atoms with Crippen molar-refractivity contribution in [3.05, 3.63) is 44.3 Å². The van der Waals surface area contributed by atoms with Gasteiger partial charge in [-0.1, -0.05) is 33.6 Å². The second-order valence-corrected chi connectivity index (χ2v) is 6.25. The third kappa shape index (κ3) is 2.26. The Balaban J connectivity index is 2.28. The van der Waals surface area contributed by atoms with E-state index >= 15 is 0 Å². The van der Waals surface area contributed by atoms with Gasteiger partial charge in [-0.3, -0.25) is 0 Å². The van der Waals surface area contributed by atoms with Crippen LogP contribution in [0.1, 0.15) is 0 Å². The second-order valence-electron chi connectivity index (χ2n) is 4.07. The van der Waals surface area contributed by atoms with Crippen LogP contribution in [0, 0.1) is 0 Å². The molecular weight excluding hydrogens is 393 g/mol. The van der Waals surface area contributed by atoms with Crippen LogP contribution in [-0.4, -0.2) is 9.97 Å². The number of benzene rings is 2. The summed E-state index contributed by atoms with van der Waals surface area (Å²) in [5.74, 6) is 0.697. The molecule has 0 aliphatic rings. The van der Waals surface area contributed by atoms with Crippen LogP contribution in [0.4, 0.5) is 5.69 Å². The lowest BCUT2D eigenvalue weighted by Gasteiger charge is -2.05. The minimum absolute atomic E-state index is 0.618. The number of nitrogens with zero attached hydrogens (tertiary/aromatic N) is 1. The summed E-state index contributed by atoms with van der Waals surface area (Å²) in [6, 6.07) is 9.45. The first-order valence-corrected chi connectivity index (χ1v) is 7.42. The molecule has 0 aliphatic heterocycles. The molecule has 0 atom stereocenters. The molecule has 0 saturated heterocycles. The zero-order valence-corrected chi connectivity index (χ0v) is 13.5. The summed E-state index contributed by atoms with van der Waals surface area (Å²) in [4.78, 5) is 7.75. The number of H-pyrrole nitrogens is 1. The van der Waals surface area contributed by atoms with Gasteiger partial charge in [0.15, 0.2) is 0 Å². The molecule has 6 heteroatoms. The van der Waals surface area contributed by atoms with E-state index < -0.39 is 0 Å². The van der Waals surface area contributed by atoms with Crippen LogP contribution in [0.25, 0.3) is 22.4 Å². The molecule has 1 aromatic heterocycles. The number of hydrogen-bond donors (Lipinski definition) is 2. The summed E-state index contributed by atoms with van der Waals surface area (Å²) in [7, 11) is 0. The molecule has 0 aliphatic carbocycles. The van der Waals surface area contributed by atoms with Gasteiger partial charge in [-0.25, -0.2) is 4.98 Å². The Bertz CT molecular complexity index is 783. The average molecular weight is 401 g/mol. The summed E-state index contributed by atoms with van der Waals surface area (Å²) >= 11 is 13.0. The lowest BCUT2D eigenvalue weighted by Crippen LogP contribution is -1.93. The highest BCUT2D eigenvalue weighted by Gasteiger charge is 2.13. The van der Waals surface area contributed by atoms with Gasteiger partial charge in [0.1, 0.15) is 11.3 Å². The van der Waals surface area contributed by atoms with Crippen LogP contribution in [0.15, 0.2) is 39.3 Å². The Hall–Kier alpha value is -1.04. The van der Waals surface area contributed by atoms with Gasteiger partial charge in [-0.05, 0) is 40.2 Å². The molecule has 0 radical (unpaired) electrons. The van der Waals surface area contributed by atoms with Crippen molar-refractivity contribution in [2.75, 3.05) is 5.73 Å². The van der Waals surface area contributed by atoms with Crippen molar-refractivity contribution in [1.82, 2.24) is 9.97 Å². The van der Waals surface area contributed by atoms with Crippen LogP contribution in [0.2, 0.25) is 5.02 Å². The van der Waals surface area contributed by atoms with Gasteiger partial charge < -0.3 is 10.7 Å². The Kier molecular flexibility index (Phi) is 3.28. The second kappa shape index (κ2) is 4.81. The molecule has 0 bridgehead atoms. The quantitative estimate of drug-likeness (QED) is 0.565. The third-order valence-corrected chi connectivity index (χ3v) is 4.23. The van der Waals surface area contributed by atoms with Gasteiger partial charge in [0.25, 0.3) is 0 Å². The van der Waals surface area contributed by atoms with E-state index in [1.807, 2.05) is 30.3 Å². The van der Waals surface area contributed by atoms with E-state index in [1.165, 1.54) is 0 Å². The first kappa shape index (κ1) is 13.0. The third-order valence-electron chi connectivity index (χ3n) is 2.81. The molecule has 19 heavy (non-hydrogen) atoms.